The summed E-state index contributed by atoms with van der Waals surface area (Å²) in [6.45, 7) is 3.29. The fourth-order valence-electron chi connectivity index (χ4n) is 3.74. The summed E-state index contributed by atoms with van der Waals surface area (Å²) in [5.41, 5.74) is 0.653. The summed E-state index contributed by atoms with van der Waals surface area (Å²) in [6, 6.07) is 9.58. The van der Waals surface area contributed by atoms with Gasteiger partial charge in [0.2, 0.25) is 0 Å². The number of hydrogen-bond donors (Lipinski definition) is 0. The van der Waals surface area contributed by atoms with Crippen LogP contribution in [0.3, 0.4) is 0 Å². The van der Waals surface area contributed by atoms with Gasteiger partial charge in [-0.15, -0.1) is 0 Å². The van der Waals surface area contributed by atoms with Crippen LogP contribution in [-0.2, 0) is 9.53 Å². The number of rotatable bonds is 2. The second-order valence-electron chi connectivity index (χ2n) is 6.87. The van der Waals surface area contributed by atoms with Crippen LogP contribution < -0.4 is 4.90 Å². The Morgan fingerprint density at radius 1 is 1.23 bits per heavy atom. The van der Waals surface area contributed by atoms with Gasteiger partial charge in [-0.25, -0.2) is 4.98 Å². The third-order valence-electron chi connectivity index (χ3n) is 5.09. The number of oxazole rings is 1. The molecule has 7 heteroatoms. The lowest BCUT2D eigenvalue weighted by molar-refractivity contribution is -0.144. The number of aromatic nitrogens is 1. The Bertz CT molecular complexity index is 819. The molecule has 2 aromatic rings. The van der Waals surface area contributed by atoms with E-state index in [-0.39, 0.29) is 18.4 Å². The third kappa shape index (κ3) is 2.99. The molecule has 2 saturated heterocycles. The number of likely N-dealkylation sites (tertiary alicyclic amines) is 1. The number of aryl methyl sites for hydroxylation is 1. The van der Waals surface area contributed by atoms with Gasteiger partial charge < -0.3 is 19.0 Å². The van der Waals surface area contributed by atoms with Gasteiger partial charge in [0.25, 0.3) is 11.8 Å². The van der Waals surface area contributed by atoms with Gasteiger partial charge in [0, 0.05) is 12.2 Å². The number of carbonyl (C=O) groups is 2. The number of nitrogens with zero attached hydrogens (tertiary/aromatic N) is 3. The Labute approximate surface area is 151 Å². The predicted octanol–water partition coefficient (Wildman–Crippen LogP) is 2.02. The lowest BCUT2D eigenvalue weighted by atomic mass is 9.90. The van der Waals surface area contributed by atoms with E-state index in [0.717, 1.165) is 18.5 Å². The second kappa shape index (κ2) is 6.57. The Morgan fingerprint density at radius 2 is 2.04 bits per heavy atom. The maximum absolute atomic E-state index is 12.8. The van der Waals surface area contributed by atoms with Crippen LogP contribution in [0.5, 0.6) is 0 Å². The van der Waals surface area contributed by atoms with Crippen molar-refractivity contribution in [2.24, 2.45) is 0 Å². The highest BCUT2D eigenvalue weighted by molar-refractivity contribution is 5.95. The zero-order valence-electron chi connectivity index (χ0n) is 14.7. The van der Waals surface area contributed by atoms with Gasteiger partial charge >= 0.3 is 0 Å². The predicted molar refractivity (Wildman–Crippen MR) is 93.9 cm³/mol. The summed E-state index contributed by atoms with van der Waals surface area (Å²) < 4.78 is 11.1. The lowest BCUT2D eigenvalue weighted by Crippen LogP contribution is -2.62. The summed E-state index contributed by atoms with van der Waals surface area (Å²) >= 11 is 0. The lowest BCUT2D eigenvalue weighted by Gasteiger charge is -2.47. The fraction of sp³-hybridized carbons (Fsp3) is 0.421. The minimum absolute atomic E-state index is 0.0277. The van der Waals surface area contributed by atoms with Crippen LogP contribution in [0, 0.1) is 6.92 Å². The van der Waals surface area contributed by atoms with Gasteiger partial charge in [-0.1, -0.05) is 18.2 Å². The van der Waals surface area contributed by atoms with Crippen LogP contribution in [0.15, 0.2) is 41.1 Å². The molecular weight excluding hydrogens is 334 g/mol. The first-order chi connectivity index (χ1) is 12.6. The molecule has 0 bridgehead atoms. The van der Waals surface area contributed by atoms with E-state index in [1.54, 1.807) is 16.7 Å². The van der Waals surface area contributed by atoms with Crippen molar-refractivity contribution in [3.05, 3.63) is 48.2 Å². The smallest absolute Gasteiger partial charge is 0.276 e. The van der Waals surface area contributed by atoms with Gasteiger partial charge in [-0.05, 0) is 31.9 Å². The van der Waals surface area contributed by atoms with Crippen molar-refractivity contribution in [3.8, 4) is 0 Å². The van der Waals surface area contributed by atoms with E-state index in [1.165, 1.54) is 6.39 Å². The minimum Gasteiger partial charge on any atom is -0.448 e. The molecule has 1 aromatic carbocycles. The molecule has 4 rings (SSSR count). The van der Waals surface area contributed by atoms with Crippen LogP contribution in [0.1, 0.15) is 29.1 Å². The second-order valence-corrected chi connectivity index (χ2v) is 6.87. The van der Waals surface area contributed by atoms with Crippen LogP contribution in [0.25, 0.3) is 0 Å². The summed E-state index contributed by atoms with van der Waals surface area (Å²) in [5, 5.41) is 0. The molecule has 3 heterocycles. The molecule has 136 valence electrons. The van der Waals surface area contributed by atoms with E-state index in [1.807, 2.05) is 30.3 Å². The van der Waals surface area contributed by atoms with Crippen molar-refractivity contribution in [3.63, 3.8) is 0 Å². The van der Waals surface area contributed by atoms with E-state index in [4.69, 9.17) is 9.15 Å². The Balaban J connectivity index is 1.55. The highest BCUT2D eigenvalue weighted by Gasteiger charge is 2.44. The zero-order chi connectivity index (χ0) is 18.1. The SMILES string of the molecule is Cc1ocnc1C(=O)N1CCCC2(C1)CN(c1ccccc1)C(=O)CO2. The molecule has 0 aliphatic carbocycles. The monoisotopic (exact) mass is 355 g/mol. The summed E-state index contributed by atoms with van der Waals surface area (Å²) in [6.07, 6.45) is 2.92. The van der Waals surface area contributed by atoms with Crippen molar-refractivity contribution in [1.29, 1.82) is 0 Å². The van der Waals surface area contributed by atoms with Gasteiger partial charge in [-0.3, -0.25) is 9.59 Å². The van der Waals surface area contributed by atoms with E-state index in [2.05, 4.69) is 4.98 Å². The molecule has 0 radical (unpaired) electrons. The van der Waals surface area contributed by atoms with Gasteiger partial charge in [0.05, 0.1) is 13.1 Å². The van der Waals surface area contributed by atoms with Gasteiger partial charge in [0.1, 0.15) is 18.0 Å². The normalized spacial score (nSPS) is 23.5. The number of benzene rings is 1. The van der Waals surface area contributed by atoms with Crippen molar-refractivity contribution < 1.29 is 18.7 Å². The first-order valence-electron chi connectivity index (χ1n) is 8.77. The maximum atomic E-state index is 12.8. The molecule has 1 aromatic heterocycles. The highest BCUT2D eigenvalue weighted by atomic mass is 16.5. The topological polar surface area (TPSA) is 75.9 Å². The largest absolute Gasteiger partial charge is 0.448 e. The van der Waals surface area contributed by atoms with E-state index in [0.29, 0.717) is 31.1 Å². The zero-order valence-corrected chi connectivity index (χ0v) is 14.7. The number of ether oxygens (including phenoxy) is 1. The number of para-hydroxylation sites is 1. The number of amides is 2. The average Bonchev–Trinajstić information content (AvgIpc) is 3.10. The molecule has 1 unspecified atom stereocenters. The minimum atomic E-state index is -0.546. The standard InChI is InChI=1S/C19H21N3O4/c1-14-17(20-13-25-14)18(24)21-9-5-8-19(11-21)12-22(16(23)10-26-19)15-6-3-2-4-7-15/h2-4,6-7,13H,5,8-12H2,1H3. The molecule has 2 aliphatic heterocycles. The van der Waals surface area contributed by atoms with Crippen LogP contribution in [0.4, 0.5) is 5.69 Å². The molecular formula is C19H21N3O4. The first-order valence-corrected chi connectivity index (χ1v) is 8.77. The number of morpholine rings is 1. The first kappa shape index (κ1) is 16.8. The molecule has 1 atom stereocenters. The van der Waals surface area contributed by atoms with Crippen molar-refractivity contribution in [2.75, 3.05) is 31.1 Å². The molecule has 26 heavy (non-hydrogen) atoms. The molecule has 2 amide bonds. The quantitative estimate of drug-likeness (QED) is 0.824. The maximum Gasteiger partial charge on any atom is 0.276 e. The van der Waals surface area contributed by atoms with Crippen LogP contribution in [0.2, 0.25) is 0 Å². The average molecular weight is 355 g/mol. The highest BCUT2D eigenvalue weighted by Crippen LogP contribution is 2.32. The summed E-state index contributed by atoms with van der Waals surface area (Å²) in [5.74, 6) is 0.306. The van der Waals surface area contributed by atoms with Crippen LogP contribution >= 0.6 is 0 Å². The summed E-state index contributed by atoms with van der Waals surface area (Å²) in [7, 11) is 0. The van der Waals surface area contributed by atoms with Gasteiger partial charge in [-0.2, -0.15) is 0 Å². The molecule has 2 aliphatic rings. The molecule has 0 N–H and O–H groups in total. The van der Waals surface area contributed by atoms with Crippen molar-refractivity contribution in [1.82, 2.24) is 9.88 Å². The fourth-order valence-corrected chi connectivity index (χ4v) is 3.74. The molecule has 7 nitrogen and oxygen atoms in total. The number of piperidine rings is 1. The van der Waals surface area contributed by atoms with E-state index in [9.17, 15) is 9.59 Å². The Morgan fingerprint density at radius 3 is 2.77 bits per heavy atom. The molecule has 1 spiro atoms. The number of carbonyl (C=O) groups excluding carboxylic acids is 2. The number of anilines is 1. The van der Waals surface area contributed by atoms with Crippen LogP contribution in [-0.4, -0.2) is 53.5 Å². The van der Waals surface area contributed by atoms with Gasteiger partial charge in [0.15, 0.2) is 12.1 Å². The van der Waals surface area contributed by atoms with E-state index >= 15 is 0 Å². The van der Waals surface area contributed by atoms with Crippen molar-refractivity contribution >= 4 is 17.5 Å². The summed E-state index contributed by atoms with van der Waals surface area (Å²) in [4.78, 5) is 32.7. The number of hydrogen-bond acceptors (Lipinski definition) is 5. The molecule has 0 saturated carbocycles. The third-order valence-corrected chi connectivity index (χ3v) is 5.09. The Hall–Kier alpha value is -2.67. The molecule has 2 fully saturated rings. The van der Waals surface area contributed by atoms with Crippen molar-refractivity contribution in [2.45, 2.75) is 25.4 Å². The van der Waals surface area contributed by atoms with E-state index < -0.39 is 5.60 Å². The Kier molecular flexibility index (Phi) is 4.24.